The minimum atomic E-state index is -0.328. The second kappa shape index (κ2) is 7.05. The van der Waals surface area contributed by atoms with Crippen LogP contribution in [-0.4, -0.2) is 18.1 Å². The molecular weight excluding hydrogens is 238 g/mol. The molecule has 0 bridgehead atoms. The van der Waals surface area contributed by atoms with Crippen molar-refractivity contribution in [2.45, 2.75) is 95.5 Å². The van der Waals surface area contributed by atoms with E-state index in [0.29, 0.717) is 6.54 Å². The smallest absolute Gasteiger partial charge is 0.241 e. The van der Waals surface area contributed by atoms with E-state index >= 15 is 0 Å². The van der Waals surface area contributed by atoms with Gasteiger partial charge in [0.15, 0.2) is 0 Å². The van der Waals surface area contributed by atoms with Gasteiger partial charge in [-0.3, -0.25) is 0 Å². The average molecular weight is 269 g/mol. The van der Waals surface area contributed by atoms with Crippen LogP contribution in [0.25, 0.3) is 0 Å². The summed E-state index contributed by atoms with van der Waals surface area (Å²) >= 11 is 0. The summed E-state index contributed by atoms with van der Waals surface area (Å²) in [7, 11) is 0. The van der Waals surface area contributed by atoms with Gasteiger partial charge in [-0.15, -0.1) is 0 Å². The Labute approximate surface area is 118 Å². The van der Waals surface area contributed by atoms with Crippen molar-refractivity contribution in [3.8, 4) is 0 Å². The number of rotatable bonds is 13. The number of hydrogen-bond donors (Lipinski definition) is 1. The molecule has 2 fully saturated rings. The molecule has 112 valence electrons. The van der Waals surface area contributed by atoms with Crippen molar-refractivity contribution in [3.05, 3.63) is 0 Å². The summed E-state index contributed by atoms with van der Waals surface area (Å²) in [5.41, 5.74) is 5.57. The average Bonchev–Trinajstić information content (AvgIpc) is 3.22. The minimum Gasteiger partial charge on any atom is -0.326 e. The van der Waals surface area contributed by atoms with E-state index in [4.69, 9.17) is 15.2 Å². The van der Waals surface area contributed by atoms with Crippen LogP contribution < -0.4 is 5.73 Å². The van der Waals surface area contributed by atoms with Gasteiger partial charge in [0.05, 0.1) is 6.54 Å². The van der Waals surface area contributed by atoms with Gasteiger partial charge in [-0.25, -0.2) is 0 Å². The number of hydrogen-bond acceptors (Lipinski definition) is 3. The zero-order valence-corrected chi connectivity index (χ0v) is 12.6. The third kappa shape index (κ3) is 3.93. The predicted molar refractivity (Wildman–Crippen MR) is 77.8 cm³/mol. The van der Waals surface area contributed by atoms with Gasteiger partial charge in [0.2, 0.25) is 11.6 Å². The second-order valence-corrected chi connectivity index (χ2v) is 6.20. The number of ether oxygens (including phenoxy) is 2. The number of fused-ring (bicyclic) bond motifs is 1. The van der Waals surface area contributed by atoms with Crippen LogP contribution in [-0.2, 0) is 9.47 Å². The van der Waals surface area contributed by atoms with E-state index in [0.717, 1.165) is 6.42 Å². The Morgan fingerprint density at radius 2 is 1.16 bits per heavy atom. The lowest BCUT2D eigenvalue weighted by Crippen LogP contribution is -2.14. The molecule has 0 spiro atoms. The normalized spacial score (nSPS) is 31.3. The van der Waals surface area contributed by atoms with Crippen molar-refractivity contribution in [1.82, 2.24) is 0 Å². The summed E-state index contributed by atoms with van der Waals surface area (Å²) in [4.78, 5) is 0. The molecule has 0 aromatic rings. The standard InChI is InChI=1S/C16H31NO2/c1-2-3-4-5-6-7-8-9-10-11-12-13-15-16(14-17,18-15)19-15/h2-14,17H2,1H3. The quantitative estimate of drug-likeness (QED) is 0.404. The van der Waals surface area contributed by atoms with Crippen molar-refractivity contribution in [3.63, 3.8) is 0 Å². The van der Waals surface area contributed by atoms with Crippen molar-refractivity contribution in [2.75, 3.05) is 6.54 Å². The summed E-state index contributed by atoms with van der Waals surface area (Å²) in [5.74, 6) is -0.549. The number of nitrogens with two attached hydrogens (primary N) is 1. The highest BCUT2D eigenvalue weighted by Gasteiger charge is 2.89. The van der Waals surface area contributed by atoms with Gasteiger partial charge < -0.3 is 15.2 Å². The van der Waals surface area contributed by atoms with E-state index in [-0.39, 0.29) is 11.6 Å². The molecule has 0 aliphatic carbocycles. The van der Waals surface area contributed by atoms with Crippen LogP contribution in [0.2, 0.25) is 0 Å². The lowest BCUT2D eigenvalue weighted by atomic mass is 10.0. The van der Waals surface area contributed by atoms with Crippen molar-refractivity contribution in [1.29, 1.82) is 0 Å². The molecule has 3 heteroatoms. The zero-order chi connectivity index (χ0) is 13.6. The zero-order valence-electron chi connectivity index (χ0n) is 12.6. The molecule has 2 saturated heterocycles. The van der Waals surface area contributed by atoms with Crippen LogP contribution in [0, 0.1) is 0 Å². The van der Waals surface area contributed by atoms with Gasteiger partial charge >= 0.3 is 0 Å². The van der Waals surface area contributed by atoms with Crippen molar-refractivity contribution in [2.24, 2.45) is 5.73 Å². The molecule has 19 heavy (non-hydrogen) atoms. The molecule has 2 N–H and O–H groups in total. The summed E-state index contributed by atoms with van der Waals surface area (Å²) in [5, 5.41) is 0. The largest absolute Gasteiger partial charge is 0.326 e. The Morgan fingerprint density at radius 3 is 1.58 bits per heavy atom. The van der Waals surface area contributed by atoms with E-state index in [1.807, 2.05) is 0 Å². The van der Waals surface area contributed by atoms with Crippen LogP contribution in [0.4, 0.5) is 0 Å². The third-order valence-electron chi connectivity index (χ3n) is 4.53. The van der Waals surface area contributed by atoms with E-state index < -0.39 is 0 Å². The first-order valence-electron chi connectivity index (χ1n) is 8.39. The minimum absolute atomic E-state index is 0.221. The molecule has 2 aliphatic heterocycles. The molecule has 0 amide bonds. The topological polar surface area (TPSA) is 51.1 Å². The molecule has 2 rings (SSSR count). The van der Waals surface area contributed by atoms with E-state index in [9.17, 15) is 0 Å². The first-order chi connectivity index (χ1) is 9.29. The highest BCUT2D eigenvalue weighted by Crippen LogP contribution is 2.69. The lowest BCUT2D eigenvalue weighted by molar-refractivity contribution is -0.0952. The first-order valence-corrected chi connectivity index (χ1v) is 8.39. The summed E-state index contributed by atoms with van der Waals surface area (Å²) < 4.78 is 10.9. The van der Waals surface area contributed by atoms with Gasteiger partial charge in [-0.1, -0.05) is 71.1 Å². The maximum atomic E-state index is 5.57. The van der Waals surface area contributed by atoms with Crippen molar-refractivity contribution < 1.29 is 9.47 Å². The first kappa shape index (κ1) is 15.3. The van der Waals surface area contributed by atoms with Crippen LogP contribution in [0.15, 0.2) is 0 Å². The van der Waals surface area contributed by atoms with Gasteiger partial charge in [-0.05, 0) is 6.42 Å². The third-order valence-corrected chi connectivity index (χ3v) is 4.53. The van der Waals surface area contributed by atoms with Crippen LogP contribution in [0.1, 0.15) is 84.0 Å². The summed E-state index contributed by atoms with van der Waals surface area (Å²) in [6.45, 7) is 2.79. The number of unbranched alkanes of at least 4 members (excludes halogenated alkanes) is 10. The van der Waals surface area contributed by atoms with Gasteiger partial charge in [-0.2, -0.15) is 0 Å². The Balaban J connectivity index is 1.29. The monoisotopic (exact) mass is 269 g/mol. The fraction of sp³-hybridized carbons (Fsp3) is 1.00. The fourth-order valence-corrected chi connectivity index (χ4v) is 3.04. The molecule has 0 radical (unpaired) electrons. The van der Waals surface area contributed by atoms with E-state index in [1.54, 1.807) is 0 Å². The maximum absolute atomic E-state index is 5.57. The highest BCUT2D eigenvalue weighted by molar-refractivity contribution is 5.18. The van der Waals surface area contributed by atoms with Gasteiger partial charge in [0.1, 0.15) is 0 Å². The van der Waals surface area contributed by atoms with Crippen LogP contribution in [0.5, 0.6) is 0 Å². The molecule has 2 aliphatic rings. The maximum Gasteiger partial charge on any atom is 0.241 e. The molecule has 0 aromatic heterocycles. The Kier molecular flexibility index (Phi) is 5.67. The Bertz CT molecular complexity index is 261. The highest BCUT2D eigenvalue weighted by atomic mass is 17.0. The summed E-state index contributed by atoms with van der Waals surface area (Å²) in [6, 6.07) is 0. The van der Waals surface area contributed by atoms with Gasteiger partial charge in [0, 0.05) is 6.42 Å². The Hall–Kier alpha value is -0.120. The molecular formula is C16H31NO2. The number of epoxide rings is 2. The van der Waals surface area contributed by atoms with Crippen LogP contribution >= 0.6 is 0 Å². The second-order valence-electron chi connectivity index (χ2n) is 6.20. The SMILES string of the molecule is CCCCCCCCCCCCCC12OC1(CN)O2. The van der Waals surface area contributed by atoms with Crippen LogP contribution in [0.3, 0.4) is 0 Å². The summed E-state index contributed by atoms with van der Waals surface area (Å²) in [6.07, 6.45) is 16.2. The molecule has 0 aromatic carbocycles. The molecule has 3 nitrogen and oxygen atoms in total. The molecule has 0 atom stereocenters. The molecule has 0 unspecified atom stereocenters. The van der Waals surface area contributed by atoms with E-state index in [1.165, 1.54) is 70.6 Å². The lowest BCUT2D eigenvalue weighted by Gasteiger charge is -2.03. The molecule has 0 saturated carbocycles. The molecule has 2 heterocycles. The van der Waals surface area contributed by atoms with E-state index in [2.05, 4.69) is 6.92 Å². The fourth-order valence-electron chi connectivity index (χ4n) is 3.04. The van der Waals surface area contributed by atoms with Gasteiger partial charge in [0.25, 0.3) is 0 Å². The Morgan fingerprint density at radius 1 is 0.684 bits per heavy atom. The predicted octanol–water partition coefficient (Wildman–Crippen LogP) is 4.10. The van der Waals surface area contributed by atoms with Crippen molar-refractivity contribution >= 4 is 0 Å².